The van der Waals surface area contributed by atoms with Gasteiger partial charge in [-0.1, -0.05) is 13.3 Å². The van der Waals surface area contributed by atoms with E-state index in [1.54, 1.807) is 6.20 Å². The summed E-state index contributed by atoms with van der Waals surface area (Å²) < 4.78 is 0. The molecule has 1 atom stereocenters. The lowest BCUT2D eigenvalue weighted by atomic mass is 10.2. The van der Waals surface area contributed by atoms with E-state index >= 15 is 0 Å². The first-order valence-corrected chi connectivity index (χ1v) is 3.91. The summed E-state index contributed by atoms with van der Waals surface area (Å²) >= 11 is 5.98. The molecule has 0 bridgehead atoms. The number of hydrogen-bond donors (Lipinski definition) is 1. The van der Waals surface area contributed by atoms with Crippen molar-refractivity contribution in [3.63, 3.8) is 0 Å². The molecule has 0 fully saturated rings. The van der Waals surface area contributed by atoms with Crippen LogP contribution in [-0.2, 0) is 0 Å². The monoisotopic (exact) mass is 158 g/mol. The first kappa shape index (κ1) is 7.61. The predicted molar refractivity (Wildman–Crippen MR) is 42.1 cm³/mol. The number of nitrogens with zero attached hydrogens (tertiary/aromatic N) is 1. The fraction of sp³-hybridized carbons (Fsp3) is 0.571. The molecule has 1 N–H and O–H groups in total. The van der Waals surface area contributed by atoms with Crippen molar-refractivity contribution in [1.82, 2.24) is 10.2 Å². The van der Waals surface area contributed by atoms with Crippen LogP contribution in [-0.4, -0.2) is 10.2 Å². The number of halogens is 1. The van der Waals surface area contributed by atoms with Gasteiger partial charge >= 0.3 is 0 Å². The summed E-state index contributed by atoms with van der Waals surface area (Å²) in [5, 5.41) is 6.76. The van der Waals surface area contributed by atoms with Gasteiger partial charge in [0.05, 0.1) is 11.1 Å². The molecule has 1 unspecified atom stereocenters. The minimum atomic E-state index is 0.104. The Labute approximate surface area is 65.6 Å². The second-order valence-electron chi connectivity index (χ2n) is 2.27. The molecule has 1 rings (SSSR count). The van der Waals surface area contributed by atoms with Crippen LogP contribution in [0, 0.1) is 0 Å². The minimum absolute atomic E-state index is 0.104. The van der Waals surface area contributed by atoms with Gasteiger partial charge in [0.25, 0.3) is 0 Å². The standard InChI is InChI=1S/C7H11ClN2/c1-2-3-6(8)7-4-5-9-10-7/h4-6H,2-3H2,1H3,(H,9,10). The molecule has 1 heterocycles. The molecule has 0 spiro atoms. The minimum Gasteiger partial charge on any atom is -0.281 e. The van der Waals surface area contributed by atoms with Crippen molar-refractivity contribution in [1.29, 1.82) is 0 Å². The zero-order valence-electron chi connectivity index (χ0n) is 5.97. The summed E-state index contributed by atoms with van der Waals surface area (Å²) in [6, 6.07) is 1.91. The molecule has 10 heavy (non-hydrogen) atoms. The van der Waals surface area contributed by atoms with Crippen LogP contribution in [0.4, 0.5) is 0 Å². The molecule has 1 aromatic heterocycles. The van der Waals surface area contributed by atoms with Crippen LogP contribution in [0.3, 0.4) is 0 Å². The van der Waals surface area contributed by atoms with Gasteiger partial charge in [-0.2, -0.15) is 5.10 Å². The lowest BCUT2D eigenvalue weighted by Gasteiger charge is -2.02. The second kappa shape index (κ2) is 3.62. The van der Waals surface area contributed by atoms with Crippen LogP contribution < -0.4 is 0 Å². The van der Waals surface area contributed by atoms with E-state index in [1.165, 1.54) is 0 Å². The molecule has 3 heteroatoms. The van der Waals surface area contributed by atoms with Crippen LogP contribution in [0.25, 0.3) is 0 Å². The van der Waals surface area contributed by atoms with Gasteiger partial charge in [-0.25, -0.2) is 0 Å². The average Bonchev–Trinajstić information content (AvgIpc) is 2.38. The van der Waals surface area contributed by atoms with Crippen LogP contribution in [0.1, 0.15) is 30.8 Å². The smallest absolute Gasteiger partial charge is 0.0751 e. The number of nitrogens with one attached hydrogen (secondary N) is 1. The SMILES string of the molecule is CCCC(Cl)c1ccn[nH]1. The van der Waals surface area contributed by atoms with E-state index in [4.69, 9.17) is 11.6 Å². The average molecular weight is 159 g/mol. The molecule has 0 aliphatic heterocycles. The van der Waals surface area contributed by atoms with E-state index < -0.39 is 0 Å². The zero-order chi connectivity index (χ0) is 7.40. The highest BCUT2D eigenvalue weighted by atomic mass is 35.5. The van der Waals surface area contributed by atoms with Gasteiger partial charge in [-0.15, -0.1) is 11.6 Å². The van der Waals surface area contributed by atoms with Gasteiger partial charge in [-0.05, 0) is 12.5 Å². The molecule has 0 saturated carbocycles. The molecular weight excluding hydrogens is 148 g/mol. The van der Waals surface area contributed by atoms with Gasteiger partial charge in [-0.3, -0.25) is 5.10 Å². The Kier molecular flexibility index (Phi) is 2.75. The third-order valence-corrected chi connectivity index (χ3v) is 1.86. The Morgan fingerprint density at radius 2 is 2.60 bits per heavy atom. The maximum Gasteiger partial charge on any atom is 0.0751 e. The second-order valence-corrected chi connectivity index (χ2v) is 2.80. The van der Waals surface area contributed by atoms with Crippen molar-refractivity contribution in [2.24, 2.45) is 0 Å². The zero-order valence-corrected chi connectivity index (χ0v) is 6.73. The molecule has 0 amide bonds. The Balaban J connectivity index is 2.50. The molecule has 0 aromatic carbocycles. The van der Waals surface area contributed by atoms with Crippen molar-refractivity contribution < 1.29 is 0 Å². The third kappa shape index (κ3) is 1.74. The summed E-state index contributed by atoms with van der Waals surface area (Å²) in [7, 11) is 0. The molecule has 0 radical (unpaired) electrons. The molecule has 0 saturated heterocycles. The molecule has 56 valence electrons. The van der Waals surface area contributed by atoms with Gasteiger partial charge in [0.2, 0.25) is 0 Å². The highest BCUT2D eigenvalue weighted by Crippen LogP contribution is 2.22. The van der Waals surface area contributed by atoms with Crippen LogP contribution in [0.5, 0.6) is 0 Å². The number of alkyl halides is 1. The van der Waals surface area contributed by atoms with Crippen molar-refractivity contribution in [3.8, 4) is 0 Å². The topological polar surface area (TPSA) is 28.7 Å². The highest BCUT2D eigenvalue weighted by molar-refractivity contribution is 6.20. The van der Waals surface area contributed by atoms with Crippen molar-refractivity contribution >= 4 is 11.6 Å². The van der Waals surface area contributed by atoms with E-state index in [0.29, 0.717) is 0 Å². The van der Waals surface area contributed by atoms with E-state index in [2.05, 4.69) is 17.1 Å². The highest BCUT2D eigenvalue weighted by Gasteiger charge is 2.05. The van der Waals surface area contributed by atoms with Crippen LogP contribution >= 0.6 is 11.6 Å². The fourth-order valence-electron chi connectivity index (χ4n) is 0.850. The quantitative estimate of drug-likeness (QED) is 0.673. The number of aromatic amines is 1. The first-order chi connectivity index (χ1) is 4.84. The predicted octanol–water partition coefficient (Wildman–Crippen LogP) is 2.49. The number of aromatic nitrogens is 2. The van der Waals surface area contributed by atoms with Crippen LogP contribution in [0.2, 0.25) is 0 Å². The third-order valence-electron chi connectivity index (χ3n) is 1.40. The molecule has 0 aliphatic rings. The van der Waals surface area contributed by atoms with Gasteiger partial charge in [0.15, 0.2) is 0 Å². The number of rotatable bonds is 3. The Morgan fingerprint density at radius 1 is 1.80 bits per heavy atom. The Morgan fingerprint density at radius 3 is 3.10 bits per heavy atom. The van der Waals surface area contributed by atoms with Crippen LogP contribution in [0.15, 0.2) is 12.3 Å². The summed E-state index contributed by atoms with van der Waals surface area (Å²) in [5.74, 6) is 0. The van der Waals surface area contributed by atoms with Gasteiger partial charge in [0, 0.05) is 6.20 Å². The molecule has 2 nitrogen and oxygen atoms in total. The molecular formula is C7H11ClN2. The van der Waals surface area contributed by atoms with Crippen molar-refractivity contribution in [2.75, 3.05) is 0 Å². The van der Waals surface area contributed by atoms with E-state index in [-0.39, 0.29) is 5.38 Å². The summed E-state index contributed by atoms with van der Waals surface area (Å²) in [6.07, 6.45) is 3.83. The number of hydrogen-bond acceptors (Lipinski definition) is 1. The Bertz CT molecular complexity index is 172. The summed E-state index contributed by atoms with van der Waals surface area (Å²) in [4.78, 5) is 0. The van der Waals surface area contributed by atoms with E-state index in [9.17, 15) is 0 Å². The van der Waals surface area contributed by atoms with Crippen molar-refractivity contribution in [3.05, 3.63) is 18.0 Å². The number of H-pyrrole nitrogens is 1. The maximum absolute atomic E-state index is 5.98. The fourth-order valence-corrected chi connectivity index (χ4v) is 1.19. The maximum atomic E-state index is 5.98. The van der Waals surface area contributed by atoms with Crippen molar-refractivity contribution in [2.45, 2.75) is 25.1 Å². The largest absolute Gasteiger partial charge is 0.281 e. The van der Waals surface area contributed by atoms with E-state index in [1.807, 2.05) is 6.07 Å². The lowest BCUT2D eigenvalue weighted by molar-refractivity contribution is 0.747. The Hall–Kier alpha value is -0.500. The summed E-state index contributed by atoms with van der Waals surface area (Å²) in [5.41, 5.74) is 1.02. The van der Waals surface area contributed by atoms with Gasteiger partial charge < -0.3 is 0 Å². The normalized spacial score (nSPS) is 13.4. The van der Waals surface area contributed by atoms with Gasteiger partial charge in [0.1, 0.15) is 0 Å². The first-order valence-electron chi connectivity index (χ1n) is 3.48. The molecule has 0 aliphatic carbocycles. The molecule has 1 aromatic rings. The lowest BCUT2D eigenvalue weighted by Crippen LogP contribution is -1.89. The van der Waals surface area contributed by atoms with E-state index in [0.717, 1.165) is 18.5 Å². The summed E-state index contributed by atoms with van der Waals surface area (Å²) in [6.45, 7) is 2.12.